The van der Waals surface area contributed by atoms with E-state index in [1.54, 1.807) is 6.20 Å². The zero-order chi connectivity index (χ0) is 28.5. The molecule has 3 aromatic carbocycles. The van der Waals surface area contributed by atoms with Crippen LogP contribution in [0.5, 0.6) is 0 Å². The minimum atomic E-state index is -0.163. The Kier molecular flexibility index (Phi) is 7.47. The van der Waals surface area contributed by atoms with E-state index in [-0.39, 0.29) is 24.4 Å². The summed E-state index contributed by atoms with van der Waals surface area (Å²) >= 11 is 12.0. The summed E-state index contributed by atoms with van der Waals surface area (Å²) in [5, 5.41) is 10.0. The number of rotatable bonds is 7. The Labute approximate surface area is 250 Å². The van der Waals surface area contributed by atoms with Crippen LogP contribution in [0.1, 0.15) is 41.1 Å². The van der Waals surface area contributed by atoms with E-state index in [1.165, 1.54) is 0 Å². The van der Waals surface area contributed by atoms with Crippen LogP contribution in [0.3, 0.4) is 0 Å². The summed E-state index contributed by atoms with van der Waals surface area (Å²) in [7, 11) is 0. The highest BCUT2D eigenvalue weighted by atomic mass is 35.5. The normalized spacial score (nSPS) is 16.7. The van der Waals surface area contributed by atoms with Gasteiger partial charge in [0.05, 0.1) is 17.8 Å². The van der Waals surface area contributed by atoms with E-state index in [4.69, 9.17) is 23.8 Å². The van der Waals surface area contributed by atoms with Gasteiger partial charge in [-0.1, -0.05) is 54.1 Å². The maximum atomic E-state index is 13.2. The lowest BCUT2D eigenvalue weighted by Gasteiger charge is -2.28. The fraction of sp³-hybridized carbons (Fsp3) is 0.182. The van der Waals surface area contributed by atoms with Gasteiger partial charge in [-0.15, -0.1) is 0 Å². The minimum absolute atomic E-state index is 0.0594. The number of fused-ring (bicyclic) bond motifs is 1. The molecule has 0 unspecified atom stereocenters. The number of benzene rings is 3. The topological polar surface area (TPSA) is 62.2 Å². The van der Waals surface area contributed by atoms with E-state index in [9.17, 15) is 4.79 Å². The number of hydrogen-bond donors (Lipinski definition) is 2. The number of nitrogens with one attached hydrogen (secondary N) is 2. The number of amides is 1. The summed E-state index contributed by atoms with van der Waals surface area (Å²) in [4.78, 5) is 20.0. The van der Waals surface area contributed by atoms with Gasteiger partial charge in [0.25, 0.3) is 0 Å². The van der Waals surface area contributed by atoms with E-state index in [2.05, 4.69) is 45.0 Å². The second kappa shape index (κ2) is 11.4. The molecule has 2 N–H and O–H groups in total. The van der Waals surface area contributed by atoms with Crippen molar-refractivity contribution in [1.82, 2.24) is 19.8 Å². The highest BCUT2D eigenvalue weighted by Gasteiger charge is 2.41. The molecule has 0 spiro atoms. The van der Waals surface area contributed by atoms with Crippen molar-refractivity contribution in [1.29, 1.82) is 0 Å². The first-order valence-corrected chi connectivity index (χ1v) is 14.4. The number of halogens is 1. The molecule has 6 rings (SSSR count). The SMILES string of the molecule is Cc1cc([C@@H]2[C@H](c3ccccn3)NC(=S)N2CCC(=O)Nc2cccc3ccccc23)c(C)n1-c1ccc(Cl)cc1. The van der Waals surface area contributed by atoms with Gasteiger partial charge >= 0.3 is 0 Å². The molecule has 0 saturated carbocycles. The van der Waals surface area contributed by atoms with Gasteiger partial charge in [-0.25, -0.2) is 0 Å². The summed E-state index contributed by atoms with van der Waals surface area (Å²) in [6, 6.07) is 29.7. The van der Waals surface area contributed by atoms with Crippen LogP contribution in [0.15, 0.2) is 97.2 Å². The van der Waals surface area contributed by atoms with Crippen LogP contribution in [0.4, 0.5) is 5.69 Å². The molecule has 8 heteroatoms. The number of carbonyl (C=O) groups excluding carboxylic acids is 1. The molecule has 5 aromatic rings. The van der Waals surface area contributed by atoms with Crippen LogP contribution in [0, 0.1) is 13.8 Å². The van der Waals surface area contributed by atoms with Crippen molar-refractivity contribution in [2.45, 2.75) is 32.4 Å². The van der Waals surface area contributed by atoms with Crippen LogP contribution in [0.2, 0.25) is 5.02 Å². The number of aromatic nitrogens is 2. The van der Waals surface area contributed by atoms with Crippen molar-refractivity contribution >= 4 is 51.3 Å². The van der Waals surface area contributed by atoms with Crippen LogP contribution in [0.25, 0.3) is 16.5 Å². The largest absolute Gasteiger partial charge is 0.352 e. The third-order valence-electron chi connectivity index (χ3n) is 7.72. The Bertz CT molecular complexity index is 1730. The molecule has 6 nitrogen and oxygen atoms in total. The lowest BCUT2D eigenvalue weighted by molar-refractivity contribution is -0.116. The predicted molar refractivity (Wildman–Crippen MR) is 170 cm³/mol. The van der Waals surface area contributed by atoms with Gasteiger partial charge in [0.2, 0.25) is 5.91 Å². The van der Waals surface area contributed by atoms with E-state index in [0.717, 1.165) is 44.8 Å². The highest BCUT2D eigenvalue weighted by Crippen LogP contribution is 2.41. The van der Waals surface area contributed by atoms with Gasteiger partial charge in [0.15, 0.2) is 5.11 Å². The molecule has 1 saturated heterocycles. The first kappa shape index (κ1) is 27.0. The van der Waals surface area contributed by atoms with Gasteiger partial charge in [-0.05, 0) is 85.5 Å². The Morgan fingerprint density at radius 1 is 1.00 bits per heavy atom. The van der Waals surface area contributed by atoms with E-state index in [1.807, 2.05) is 84.9 Å². The van der Waals surface area contributed by atoms with Gasteiger partial charge in [0.1, 0.15) is 0 Å². The summed E-state index contributed by atoms with van der Waals surface area (Å²) in [5.41, 5.74) is 6.09. The number of thiocarbonyl (C=S) groups is 1. The number of pyridine rings is 1. The maximum absolute atomic E-state index is 13.2. The van der Waals surface area contributed by atoms with Crippen molar-refractivity contribution in [3.63, 3.8) is 0 Å². The zero-order valence-electron chi connectivity index (χ0n) is 22.8. The number of aryl methyl sites for hydroxylation is 1. The van der Waals surface area contributed by atoms with Crippen molar-refractivity contribution in [2.75, 3.05) is 11.9 Å². The molecule has 206 valence electrons. The predicted octanol–water partition coefficient (Wildman–Crippen LogP) is 7.30. The molecular weight excluding hydrogens is 550 g/mol. The van der Waals surface area contributed by atoms with E-state index >= 15 is 0 Å². The van der Waals surface area contributed by atoms with Crippen LogP contribution in [-0.4, -0.2) is 32.0 Å². The standard InChI is InChI=1S/C33H30ClN5OS/c1-21-20-27(22(2)39(21)25-15-13-24(34)14-16-25)32-31(29-11-5-6-18-35-29)37-33(41)38(32)19-17-30(40)36-28-12-7-9-23-8-3-4-10-26(23)28/h3-16,18,20,31-32H,17,19H2,1-2H3,(H,36,40)(H,37,41)/t31-,32+/m0/s1. The summed E-state index contributed by atoms with van der Waals surface area (Å²) < 4.78 is 2.23. The lowest BCUT2D eigenvalue weighted by atomic mass is 9.96. The van der Waals surface area contributed by atoms with Crippen LogP contribution >= 0.6 is 23.8 Å². The molecule has 3 heterocycles. The average Bonchev–Trinajstić information content (AvgIpc) is 3.47. The number of nitrogens with zero attached hydrogens (tertiary/aromatic N) is 3. The number of anilines is 1. The zero-order valence-corrected chi connectivity index (χ0v) is 24.4. The van der Waals surface area contributed by atoms with Crippen molar-refractivity contribution in [3.8, 4) is 5.69 Å². The first-order chi connectivity index (χ1) is 19.9. The third-order valence-corrected chi connectivity index (χ3v) is 8.32. The quantitative estimate of drug-likeness (QED) is 0.198. The van der Waals surface area contributed by atoms with Crippen molar-refractivity contribution in [2.24, 2.45) is 0 Å². The summed E-state index contributed by atoms with van der Waals surface area (Å²) in [6.07, 6.45) is 2.08. The van der Waals surface area contributed by atoms with Crippen molar-refractivity contribution in [3.05, 3.63) is 125 Å². The van der Waals surface area contributed by atoms with Gasteiger partial charge in [-0.3, -0.25) is 9.78 Å². The van der Waals surface area contributed by atoms with Gasteiger partial charge in [0, 0.05) is 52.3 Å². The molecule has 0 radical (unpaired) electrons. The molecule has 0 bridgehead atoms. The Balaban J connectivity index is 1.31. The van der Waals surface area contributed by atoms with E-state index < -0.39 is 0 Å². The second-order valence-corrected chi connectivity index (χ2v) is 11.1. The number of hydrogen-bond acceptors (Lipinski definition) is 3. The maximum Gasteiger partial charge on any atom is 0.226 e. The van der Waals surface area contributed by atoms with Gasteiger partial charge < -0.3 is 20.1 Å². The smallest absolute Gasteiger partial charge is 0.226 e. The minimum Gasteiger partial charge on any atom is -0.352 e. The Hall–Kier alpha value is -4.20. The van der Waals surface area contributed by atoms with Crippen LogP contribution in [-0.2, 0) is 4.79 Å². The molecule has 2 aromatic heterocycles. The lowest BCUT2D eigenvalue weighted by Crippen LogP contribution is -2.33. The highest BCUT2D eigenvalue weighted by molar-refractivity contribution is 7.80. The average molecular weight is 580 g/mol. The fourth-order valence-corrected chi connectivity index (χ4v) is 6.29. The van der Waals surface area contributed by atoms with E-state index in [0.29, 0.717) is 16.7 Å². The molecule has 1 aliphatic heterocycles. The molecular formula is C33H30ClN5OS. The second-order valence-electron chi connectivity index (χ2n) is 10.3. The van der Waals surface area contributed by atoms with Crippen molar-refractivity contribution < 1.29 is 4.79 Å². The fourth-order valence-electron chi connectivity index (χ4n) is 5.83. The molecule has 2 atom stereocenters. The molecule has 1 fully saturated rings. The molecule has 1 amide bonds. The monoisotopic (exact) mass is 579 g/mol. The van der Waals surface area contributed by atoms with Crippen LogP contribution < -0.4 is 10.6 Å². The molecule has 41 heavy (non-hydrogen) atoms. The summed E-state index contributed by atoms with van der Waals surface area (Å²) in [5.74, 6) is -0.0594. The number of carbonyl (C=O) groups is 1. The Morgan fingerprint density at radius 3 is 2.54 bits per heavy atom. The first-order valence-electron chi connectivity index (χ1n) is 13.6. The van der Waals surface area contributed by atoms with Gasteiger partial charge in [-0.2, -0.15) is 0 Å². The molecule has 0 aliphatic carbocycles. The summed E-state index contributed by atoms with van der Waals surface area (Å²) in [6.45, 7) is 4.68. The third kappa shape index (κ3) is 5.31. The molecule has 1 aliphatic rings. The Morgan fingerprint density at radius 2 is 1.76 bits per heavy atom.